The van der Waals surface area contributed by atoms with Crippen LogP contribution in [0.4, 0.5) is 10.8 Å². The van der Waals surface area contributed by atoms with Crippen molar-refractivity contribution in [3.63, 3.8) is 0 Å². The van der Waals surface area contributed by atoms with Gasteiger partial charge in [0.2, 0.25) is 21.8 Å². The summed E-state index contributed by atoms with van der Waals surface area (Å²) in [5, 5.41) is 3.50. The number of aryl methyl sites for hydroxylation is 1. The standard InChI is InChI=1S/C27H30N4O4S2/c1-16-3-7-22-24(13-16)36-27(28-22)29-25(32)18-9-11-30(12-10-18)37(34,35)21-6-8-23-20(15-21)14-17(2)31(23)26(33)19-4-5-19/h3,6-8,13,15,17-19H,4-5,9-12,14H2,1-2H3,(H,28,29,32). The smallest absolute Gasteiger partial charge is 0.243 e. The van der Waals surface area contributed by atoms with Gasteiger partial charge in [-0.25, -0.2) is 13.4 Å². The van der Waals surface area contributed by atoms with E-state index in [-0.39, 0.29) is 34.6 Å². The fourth-order valence-corrected chi connectivity index (χ4v) is 7.92. The quantitative estimate of drug-likeness (QED) is 0.521. The number of anilines is 2. The molecule has 1 unspecified atom stereocenters. The van der Waals surface area contributed by atoms with Gasteiger partial charge >= 0.3 is 0 Å². The number of thiazole rings is 1. The van der Waals surface area contributed by atoms with Crippen molar-refractivity contribution in [1.82, 2.24) is 9.29 Å². The largest absolute Gasteiger partial charge is 0.309 e. The number of hydrogen-bond donors (Lipinski definition) is 1. The molecule has 3 aromatic rings. The van der Waals surface area contributed by atoms with Gasteiger partial charge in [0, 0.05) is 36.7 Å². The summed E-state index contributed by atoms with van der Waals surface area (Å²) in [7, 11) is -3.68. The van der Waals surface area contributed by atoms with Crippen LogP contribution in [-0.4, -0.2) is 48.7 Å². The first kappa shape index (κ1) is 24.5. The first-order chi connectivity index (χ1) is 17.7. The number of amides is 2. The van der Waals surface area contributed by atoms with Crippen LogP contribution in [0.25, 0.3) is 10.2 Å². The number of benzene rings is 2. The Morgan fingerprint density at radius 2 is 1.78 bits per heavy atom. The fraction of sp³-hybridized carbons (Fsp3) is 0.444. The summed E-state index contributed by atoms with van der Waals surface area (Å²) in [5.74, 6) is -0.0971. The molecule has 1 atom stereocenters. The lowest BCUT2D eigenvalue weighted by molar-refractivity contribution is -0.121. The molecule has 1 saturated carbocycles. The van der Waals surface area contributed by atoms with Crippen LogP contribution in [0.1, 0.15) is 43.7 Å². The summed E-state index contributed by atoms with van der Waals surface area (Å²) in [6, 6.07) is 11.2. The maximum atomic E-state index is 13.4. The average Bonchev–Trinajstić information content (AvgIpc) is 3.57. The molecule has 2 fully saturated rings. The molecule has 1 saturated heterocycles. The van der Waals surface area contributed by atoms with Gasteiger partial charge < -0.3 is 10.2 Å². The number of aromatic nitrogens is 1. The van der Waals surface area contributed by atoms with Gasteiger partial charge in [0.25, 0.3) is 0 Å². The van der Waals surface area contributed by atoms with Gasteiger partial charge in [0.1, 0.15) is 0 Å². The summed E-state index contributed by atoms with van der Waals surface area (Å²) in [4.78, 5) is 32.2. The summed E-state index contributed by atoms with van der Waals surface area (Å²) >= 11 is 1.45. The van der Waals surface area contributed by atoms with E-state index in [4.69, 9.17) is 0 Å². The van der Waals surface area contributed by atoms with Crippen molar-refractivity contribution in [1.29, 1.82) is 0 Å². The van der Waals surface area contributed by atoms with E-state index in [0.717, 1.165) is 39.9 Å². The van der Waals surface area contributed by atoms with Crippen LogP contribution < -0.4 is 10.2 Å². The Morgan fingerprint density at radius 1 is 1.03 bits per heavy atom. The monoisotopic (exact) mass is 538 g/mol. The van der Waals surface area contributed by atoms with Crippen molar-refractivity contribution in [2.24, 2.45) is 11.8 Å². The number of nitrogens with zero attached hydrogens (tertiary/aromatic N) is 3. The Morgan fingerprint density at radius 3 is 2.51 bits per heavy atom. The van der Waals surface area contributed by atoms with Crippen LogP contribution in [0, 0.1) is 18.8 Å². The number of hydrogen-bond acceptors (Lipinski definition) is 6. The molecular weight excluding hydrogens is 508 g/mol. The molecule has 2 aromatic carbocycles. The second-order valence-electron chi connectivity index (χ2n) is 10.5. The van der Waals surface area contributed by atoms with Crippen LogP contribution >= 0.6 is 11.3 Å². The van der Waals surface area contributed by atoms with E-state index in [0.29, 0.717) is 37.5 Å². The molecule has 37 heavy (non-hydrogen) atoms. The third-order valence-electron chi connectivity index (χ3n) is 7.67. The first-order valence-corrected chi connectivity index (χ1v) is 15.1. The SMILES string of the molecule is Cc1ccc2nc(NC(=O)C3CCN(S(=O)(=O)c4ccc5c(c4)CC(C)N5C(=O)C4CC4)CC3)sc2c1. The zero-order valence-corrected chi connectivity index (χ0v) is 22.6. The van der Waals surface area contributed by atoms with Crippen LogP contribution in [-0.2, 0) is 26.0 Å². The van der Waals surface area contributed by atoms with E-state index < -0.39 is 10.0 Å². The lowest BCUT2D eigenvalue weighted by Gasteiger charge is -2.30. The summed E-state index contributed by atoms with van der Waals surface area (Å²) in [6.07, 6.45) is 3.46. The Labute approximate surface area is 220 Å². The summed E-state index contributed by atoms with van der Waals surface area (Å²) in [6.45, 7) is 4.62. The predicted molar refractivity (Wildman–Crippen MR) is 144 cm³/mol. The molecule has 2 amide bonds. The lowest BCUT2D eigenvalue weighted by atomic mass is 9.97. The van der Waals surface area contributed by atoms with Crippen molar-refractivity contribution in [2.45, 2.75) is 56.9 Å². The van der Waals surface area contributed by atoms with Crippen LogP contribution in [0.5, 0.6) is 0 Å². The zero-order chi connectivity index (χ0) is 25.9. The van der Waals surface area contributed by atoms with Crippen molar-refractivity contribution in [2.75, 3.05) is 23.3 Å². The van der Waals surface area contributed by atoms with E-state index in [9.17, 15) is 18.0 Å². The molecule has 10 heteroatoms. The third kappa shape index (κ3) is 4.55. The Kier molecular flexibility index (Phi) is 6.08. The molecular formula is C27H30N4O4S2. The van der Waals surface area contributed by atoms with Gasteiger partial charge in [-0.3, -0.25) is 9.59 Å². The van der Waals surface area contributed by atoms with Crippen molar-refractivity contribution >= 4 is 54.2 Å². The van der Waals surface area contributed by atoms with Crippen LogP contribution in [0.15, 0.2) is 41.3 Å². The van der Waals surface area contributed by atoms with Gasteiger partial charge in [-0.2, -0.15) is 4.31 Å². The topological polar surface area (TPSA) is 99.7 Å². The molecule has 1 N–H and O–H groups in total. The maximum Gasteiger partial charge on any atom is 0.243 e. The minimum Gasteiger partial charge on any atom is -0.309 e. The Bertz CT molecular complexity index is 1500. The predicted octanol–water partition coefficient (Wildman–Crippen LogP) is 4.33. The highest BCUT2D eigenvalue weighted by Crippen LogP contribution is 2.40. The molecule has 3 aliphatic rings. The highest BCUT2D eigenvalue weighted by atomic mass is 32.2. The number of carbonyl (C=O) groups excluding carboxylic acids is 2. The lowest BCUT2D eigenvalue weighted by Crippen LogP contribution is -2.41. The zero-order valence-electron chi connectivity index (χ0n) is 20.9. The van der Waals surface area contributed by atoms with E-state index in [1.165, 1.54) is 15.6 Å². The van der Waals surface area contributed by atoms with E-state index in [1.807, 2.05) is 36.9 Å². The Hall–Kier alpha value is -2.82. The summed E-state index contributed by atoms with van der Waals surface area (Å²) in [5.41, 5.74) is 3.74. The van der Waals surface area contributed by atoms with Crippen molar-refractivity contribution < 1.29 is 18.0 Å². The molecule has 2 aliphatic heterocycles. The molecule has 0 radical (unpaired) electrons. The minimum atomic E-state index is -3.68. The number of fused-ring (bicyclic) bond motifs is 2. The number of nitrogens with one attached hydrogen (secondary N) is 1. The van der Waals surface area contributed by atoms with Crippen molar-refractivity contribution in [3.05, 3.63) is 47.5 Å². The number of sulfonamides is 1. The van der Waals surface area contributed by atoms with Gasteiger partial charge in [-0.15, -0.1) is 0 Å². The molecule has 194 valence electrons. The Balaban J connectivity index is 1.11. The second-order valence-corrected chi connectivity index (χ2v) is 13.5. The number of rotatable bonds is 5. The molecule has 6 rings (SSSR count). The highest BCUT2D eigenvalue weighted by Gasteiger charge is 2.40. The molecule has 0 bridgehead atoms. The number of piperidine rings is 1. The highest BCUT2D eigenvalue weighted by molar-refractivity contribution is 7.89. The third-order valence-corrected chi connectivity index (χ3v) is 10.5. The summed E-state index contributed by atoms with van der Waals surface area (Å²) < 4.78 is 29.4. The molecule has 3 heterocycles. The molecule has 1 aromatic heterocycles. The maximum absolute atomic E-state index is 13.4. The van der Waals surface area contributed by atoms with Gasteiger partial charge in [-0.05, 0) is 87.4 Å². The van der Waals surface area contributed by atoms with Gasteiger partial charge in [0.05, 0.1) is 15.1 Å². The molecule has 1 aliphatic carbocycles. The van der Waals surface area contributed by atoms with Gasteiger partial charge in [-0.1, -0.05) is 17.4 Å². The first-order valence-electron chi connectivity index (χ1n) is 12.8. The van der Waals surface area contributed by atoms with E-state index in [2.05, 4.69) is 10.3 Å². The van der Waals surface area contributed by atoms with Crippen LogP contribution in [0.3, 0.4) is 0 Å². The van der Waals surface area contributed by atoms with Gasteiger partial charge in [0.15, 0.2) is 5.13 Å². The van der Waals surface area contributed by atoms with E-state index >= 15 is 0 Å². The average molecular weight is 539 g/mol. The molecule has 8 nitrogen and oxygen atoms in total. The number of carbonyl (C=O) groups is 2. The minimum absolute atomic E-state index is 0.0368. The fourth-order valence-electron chi connectivity index (χ4n) is 5.43. The molecule has 0 spiro atoms. The van der Waals surface area contributed by atoms with Crippen LogP contribution in [0.2, 0.25) is 0 Å². The normalized spacial score (nSPS) is 20.8. The van der Waals surface area contributed by atoms with Crippen molar-refractivity contribution in [3.8, 4) is 0 Å². The van der Waals surface area contributed by atoms with E-state index in [1.54, 1.807) is 18.2 Å². The second kappa shape index (κ2) is 9.18.